The maximum Gasteiger partial charge on any atom is 0.274 e. The van der Waals surface area contributed by atoms with Gasteiger partial charge >= 0.3 is 0 Å². The summed E-state index contributed by atoms with van der Waals surface area (Å²) >= 11 is 0. The van der Waals surface area contributed by atoms with E-state index >= 15 is 0 Å². The number of hydrogen-bond acceptors (Lipinski definition) is 5. The van der Waals surface area contributed by atoms with Crippen LogP contribution in [0.2, 0.25) is 0 Å². The number of rotatable bonds is 3. The van der Waals surface area contributed by atoms with Gasteiger partial charge in [-0.1, -0.05) is 6.07 Å². The van der Waals surface area contributed by atoms with Gasteiger partial charge in [0.2, 0.25) is 0 Å². The molecule has 6 nitrogen and oxygen atoms in total. The van der Waals surface area contributed by atoms with Crippen LogP contribution in [-0.2, 0) is 6.54 Å². The fourth-order valence-electron chi connectivity index (χ4n) is 3.14. The van der Waals surface area contributed by atoms with E-state index < -0.39 is 0 Å². The van der Waals surface area contributed by atoms with E-state index in [2.05, 4.69) is 21.4 Å². The topological polar surface area (TPSA) is 91.3 Å². The van der Waals surface area contributed by atoms with E-state index in [1.54, 1.807) is 19.5 Å². The third-order valence-electron chi connectivity index (χ3n) is 4.80. The van der Waals surface area contributed by atoms with Crippen LogP contribution in [0.3, 0.4) is 0 Å². The highest BCUT2D eigenvalue weighted by Crippen LogP contribution is 2.27. The number of nitrogens with zero attached hydrogens (tertiary/aromatic N) is 3. The van der Waals surface area contributed by atoms with E-state index in [-0.39, 0.29) is 5.91 Å². The van der Waals surface area contributed by atoms with Crippen molar-refractivity contribution in [2.24, 2.45) is 4.99 Å². The Bertz CT molecular complexity index is 1120. The summed E-state index contributed by atoms with van der Waals surface area (Å²) in [4.78, 5) is 21.4. The first-order valence-electron chi connectivity index (χ1n) is 8.46. The second kappa shape index (κ2) is 6.54. The SMILES string of the molecule is Cc1c(C#N)cnc(C(=O)Nc2ccc3c(c2)C(c2ccoc2)=NC3)c1C. The summed E-state index contributed by atoms with van der Waals surface area (Å²) in [6.45, 7) is 4.22. The molecule has 0 fully saturated rings. The first-order valence-corrected chi connectivity index (χ1v) is 8.46. The van der Waals surface area contributed by atoms with Crippen molar-refractivity contribution < 1.29 is 9.21 Å². The lowest BCUT2D eigenvalue weighted by atomic mass is 10.0. The fraction of sp³-hybridized carbons (Fsp3) is 0.143. The van der Waals surface area contributed by atoms with E-state index in [9.17, 15) is 4.79 Å². The van der Waals surface area contributed by atoms with Gasteiger partial charge in [0.15, 0.2) is 0 Å². The maximum absolute atomic E-state index is 12.7. The lowest BCUT2D eigenvalue weighted by Crippen LogP contribution is -2.16. The molecule has 3 heterocycles. The van der Waals surface area contributed by atoms with Gasteiger partial charge in [0, 0.05) is 23.0 Å². The summed E-state index contributed by atoms with van der Waals surface area (Å²) in [7, 11) is 0. The van der Waals surface area contributed by atoms with Gasteiger partial charge in [-0.25, -0.2) is 4.98 Å². The Morgan fingerprint density at radius 3 is 2.85 bits per heavy atom. The molecule has 1 aliphatic heterocycles. The Kier molecular flexibility index (Phi) is 4.05. The predicted octanol–water partition coefficient (Wildman–Crippen LogP) is 3.77. The number of benzene rings is 1. The molecule has 6 heteroatoms. The van der Waals surface area contributed by atoms with Crippen LogP contribution in [0.15, 0.2) is 52.4 Å². The van der Waals surface area contributed by atoms with Gasteiger partial charge in [-0.15, -0.1) is 0 Å². The number of nitrogens with one attached hydrogen (secondary N) is 1. The minimum Gasteiger partial charge on any atom is -0.472 e. The predicted molar refractivity (Wildman–Crippen MR) is 101 cm³/mol. The molecular formula is C21H16N4O2. The van der Waals surface area contributed by atoms with E-state index in [0.717, 1.165) is 28.0 Å². The van der Waals surface area contributed by atoms with Crippen LogP contribution in [0.1, 0.15) is 43.9 Å². The van der Waals surface area contributed by atoms with Crippen LogP contribution >= 0.6 is 0 Å². The first-order chi connectivity index (χ1) is 13.1. The van der Waals surface area contributed by atoms with Gasteiger partial charge < -0.3 is 9.73 Å². The van der Waals surface area contributed by atoms with Crippen molar-refractivity contribution in [3.8, 4) is 6.07 Å². The van der Waals surface area contributed by atoms with Gasteiger partial charge in [-0.05, 0) is 48.7 Å². The number of aromatic nitrogens is 1. The van der Waals surface area contributed by atoms with E-state index in [1.807, 2.05) is 31.2 Å². The molecule has 4 rings (SSSR count). The van der Waals surface area contributed by atoms with Crippen LogP contribution < -0.4 is 5.32 Å². The Balaban J connectivity index is 1.63. The second-order valence-electron chi connectivity index (χ2n) is 6.39. The largest absolute Gasteiger partial charge is 0.472 e. The molecule has 0 radical (unpaired) electrons. The normalized spacial score (nSPS) is 12.3. The molecule has 3 aromatic rings. The Morgan fingerprint density at radius 1 is 1.26 bits per heavy atom. The molecule has 1 aliphatic rings. The minimum atomic E-state index is -0.306. The van der Waals surface area contributed by atoms with Crippen LogP contribution in [-0.4, -0.2) is 16.6 Å². The Labute approximate surface area is 156 Å². The molecule has 132 valence electrons. The highest BCUT2D eigenvalue weighted by Gasteiger charge is 2.20. The van der Waals surface area contributed by atoms with Crippen molar-refractivity contribution in [2.75, 3.05) is 5.32 Å². The van der Waals surface area contributed by atoms with E-state index in [0.29, 0.717) is 29.1 Å². The van der Waals surface area contributed by atoms with E-state index in [1.165, 1.54) is 6.20 Å². The zero-order valence-electron chi connectivity index (χ0n) is 14.9. The standard InChI is InChI=1S/C21H16N4O2/c1-12-13(2)19(23-10-16(12)8-22)21(26)25-17-4-3-14-9-24-20(18(14)7-17)15-5-6-27-11-15/h3-7,10-11H,9H2,1-2H3,(H,25,26). The lowest BCUT2D eigenvalue weighted by molar-refractivity contribution is 0.102. The van der Waals surface area contributed by atoms with Gasteiger partial charge in [-0.2, -0.15) is 5.26 Å². The number of carbonyl (C=O) groups excluding carboxylic acids is 1. The summed E-state index contributed by atoms with van der Waals surface area (Å²) in [5.74, 6) is -0.306. The molecule has 0 spiro atoms. The number of aliphatic imine (C=N–C) groups is 1. The molecule has 0 saturated carbocycles. The molecular weight excluding hydrogens is 340 g/mol. The summed E-state index contributed by atoms with van der Waals surface area (Å²) in [5, 5.41) is 12.0. The molecule has 27 heavy (non-hydrogen) atoms. The summed E-state index contributed by atoms with van der Waals surface area (Å²) < 4.78 is 5.16. The minimum absolute atomic E-state index is 0.306. The second-order valence-corrected chi connectivity index (χ2v) is 6.39. The molecule has 0 bridgehead atoms. The summed E-state index contributed by atoms with van der Waals surface area (Å²) in [6, 6.07) is 9.69. The molecule has 0 aliphatic carbocycles. The summed E-state index contributed by atoms with van der Waals surface area (Å²) in [6.07, 6.45) is 4.71. The van der Waals surface area contributed by atoms with Crippen LogP contribution in [0.5, 0.6) is 0 Å². The molecule has 2 aromatic heterocycles. The van der Waals surface area contributed by atoms with Crippen molar-refractivity contribution in [1.82, 2.24) is 4.98 Å². The van der Waals surface area contributed by atoms with E-state index in [4.69, 9.17) is 9.68 Å². The molecule has 0 unspecified atom stereocenters. The maximum atomic E-state index is 12.7. The lowest BCUT2D eigenvalue weighted by Gasteiger charge is -2.11. The van der Waals surface area contributed by atoms with Crippen LogP contribution in [0.4, 0.5) is 5.69 Å². The highest BCUT2D eigenvalue weighted by atomic mass is 16.3. The average Bonchev–Trinajstić information content (AvgIpc) is 3.32. The van der Waals surface area contributed by atoms with Gasteiger partial charge in [0.25, 0.3) is 5.91 Å². The van der Waals surface area contributed by atoms with Crippen LogP contribution in [0.25, 0.3) is 0 Å². The number of nitriles is 1. The monoisotopic (exact) mass is 356 g/mol. The number of carbonyl (C=O) groups is 1. The zero-order chi connectivity index (χ0) is 19.0. The number of fused-ring (bicyclic) bond motifs is 1. The Hall–Kier alpha value is -3.72. The fourth-order valence-corrected chi connectivity index (χ4v) is 3.14. The highest BCUT2D eigenvalue weighted by molar-refractivity contribution is 6.15. The van der Waals surface area contributed by atoms with Gasteiger partial charge in [-0.3, -0.25) is 9.79 Å². The van der Waals surface area contributed by atoms with Crippen molar-refractivity contribution in [2.45, 2.75) is 20.4 Å². The number of hydrogen-bond donors (Lipinski definition) is 1. The molecule has 0 saturated heterocycles. The number of pyridine rings is 1. The molecule has 1 amide bonds. The Morgan fingerprint density at radius 2 is 2.11 bits per heavy atom. The third-order valence-corrected chi connectivity index (χ3v) is 4.80. The molecule has 1 aromatic carbocycles. The van der Waals surface area contributed by atoms with Crippen LogP contribution in [0, 0.1) is 25.2 Å². The zero-order valence-corrected chi connectivity index (χ0v) is 14.9. The van der Waals surface area contributed by atoms with Crippen molar-refractivity contribution in [3.05, 3.63) is 82.1 Å². The number of amides is 1. The van der Waals surface area contributed by atoms with Crippen molar-refractivity contribution in [3.63, 3.8) is 0 Å². The number of furan rings is 1. The van der Waals surface area contributed by atoms with Gasteiger partial charge in [0.05, 0.1) is 30.3 Å². The third kappa shape index (κ3) is 2.89. The van der Waals surface area contributed by atoms with Crippen molar-refractivity contribution in [1.29, 1.82) is 5.26 Å². The van der Waals surface area contributed by atoms with Gasteiger partial charge in [0.1, 0.15) is 11.8 Å². The summed E-state index contributed by atoms with van der Waals surface area (Å²) in [5.41, 5.74) is 6.78. The van der Waals surface area contributed by atoms with Crippen molar-refractivity contribution >= 4 is 17.3 Å². The first kappa shape index (κ1) is 16.7. The molecule has 1 N–H and O–H groups in total. The number of anilines is 1. The quantitative estimate of drug-likeness (QED) is 0.773. The average molecular weight is 356 g/mol. The molecule has 0 atom stereocenters. The smallest absolute Gasteiger partial charge is 0.274 e.